The lowest BCUT2D eigenvalue weighted by atomic mass is 9.53. The lowest BCUT2D eigenvalue weighted by Gasteiger charge is -2.57. The van der Waals surface area contributed by atoms with Gasteiger partial charge in [0.15, 0.2) is 0 Å². The molecule has 1 saturated heterocycles. The third-order valence-electron chi connectivity index (χ3n) is 7.65. The van der Waals surface area contributed by atoms with E-state index in [4.69, 9.17) is 11.6 Å². The summed E-state index contributed by atoms with van der Waals surface area (Å²) in [6, 6.07) is 3.78. The van der Waals surface area contributed by atoms with Gasteiger partial charge in [0.2, 0.25) is 11.8 Å². The van der Waals surface area contributed by atoms with Gasteiger partial charge in [0.05, 0.1) is 12.5 Å². The first kappa shape index (κ1) is 20.3. The first-order valence-electron chi connectivity index (χ1n) is 11.2. The van der Waals surface area contributed by atoms with E-state index in [-0.39, 0.29) is 29.6 Å². The number of nitrogens with zero attached hydrogens (tertiary/aromatic N) is 1. The summed E-state index contributed by atoms with van der Waals surface area (Å²) >= 11 is 6.20. The van der Waals surface area contributed by atoms with Crippen molar-refractivity contribution in [2.45, 2.75) is 63.1 Å². The number of benzene rings is 1. The molecular weight excluding hydrogens is 405 g/mol. The number of hydrogen-bond acceptors (Lipinski definition) is 3. The Bertz CT molecular complexity index is 826. The zero-order valence-electron chi connectivity index (χ0n) is 17.1. The minimum atomic E-state index is -0.534. The third kappa shape index (κ3) is 3.96. The molecule has 4 saturated carbocycles. The second-order valence-corrected chi connectivity index (χ2v) is 10.4. The average Bonchev–Trinajstić information content (AvgIpc) is 2.65. The van der Waals surface area contributed by atoms with Crippen molar-refractivity contribution >= 4 is 23.4 Å². The second kappa shape index (κ2) is 7.79. The molecule has 2 amide bonds. The monoisotopic (exact) mass is 433 g/mol. The van der Waals surface area contributed by atoms with Gasteiger partial charge in [-0.1, -0.05) is 17.7 Å². The molecule has 4 aliphatic carbocycles. The second-order valence-electron chi connectivity index (χ2n) is 9.96. The lowest BCUT2D eigenvalue weighted by molar-refractivity contribution is -0.136. The fraction of sp³-hybridized carbons (Fsp3) is 0.652. The summed E-state index contributed by atoms with van der Waals surface area (Å²) in [5.74, 6) is 1.73. The molecule has 1 aromatic rings. The van der Waals surface area contributed by atoms with Gasteiger partial charge in [0.1, 0.15) is 5.82 Å². The van der Waals surface area contributed by atoms with Crippen molar-refractivity contribution in [1.29, 1.82) is 0 Å². The predicted octanol–water partition coefficient (Wildman–Crippen LogP) is 3.25. The molecule has 1 heterocycles. The summed E-state index contributed by atoms with van der Waals surface area (Å²) in [5, 5.41) is 6.60. The highest BCUT2D eigenvalue weighted by atomic mass is 35.5. The Balaban J connectivity index is 1.27. The Morgan fingerprint density at radius 3 is 2.50 bits per heavy atom. The summed E-state index contributed by atoms with van der Waals surface area (Å²) in [4.78, 5) is 27.6. The van der Waals surface area contributed by atoms with Gasteiger partial charge in [0, 0.05) is 30.2 Å². The highest BCUT2D eigenvalue weighted by Gasteiger charge is 2.51. The Kier molecular flexibility index (Phi) is 5.26. The van der Waals surface area contributed by atoms with Gasteiger partial charge in [-0.3, -0.25) is 14.5 Å². The first-order valence-corrected chi connectivity index (χ1v) is 11.5. The fourth-order valence-electron chi connectivity index (χ4n) is 6.83. The van der Waals surface area contributed by atoms with E-state index < -0.39 is 6.04 Å². The van der Waals surface area contributed by atoms with E-state index in [2.05, 4.69) is 10.6 Å². The summed E-state index contributed by atoms with van der Waals surface area (Å²) in [7, 11) is 0. The van der Waals surface area contributed by atoms with E-state index in [0.29, 0.717) is 24.7 Å². The molecule has 30 heavy (non-hydrogen) atoms. The molecule has 7 heteroatoms. The molecule has 5 aliphatic rings. The van der Waals surface area contributed by atoms with E-state index in [0.717, 1.165) is 42.6 Å². The van der Waals surface area contributed by atoms with Gasteiger partial charge in [0.25, 0.3) is 0 Å². The number of halogens is 2. The van der Waals surface area contributed by atoms with Crippen LogP contribution in [0, 0.1) is 23.6 Å². The van der Waals surface area contributed by atoms with Crippen molar-refractivity contribution in [3.8, 4) is 0 Å². The Morgan fingerprint density at radius 2 is 1.87 bits per heavy atom. The van der Waals surface area contributed by atoms with Crippen LogP contribution in [0.2, 0.25) is 5.02 Å². The van der Waals surface area contributed by atoms with Crippen molar-refractivity contribution in [2.75, 3.05) is 13.1 Å². The molecule has 6 rings (SSSR count). The van der Waals surface area contributed by atoms with Crippen LogP contribution < -0.4 is 10.6 Å². The molecule has 0 aromatic heterocycles. The van der Waals surface area contributed by atoms with Crippen LogP contribution in [0.5, 0.6) is 0 Å². The van der Waals surface area contributed by atoms with Crippen LogP contribution in [0.4, 0.5) is 4.39 Å². The lowest BCUT2D eigenvalue weighted by Crippen LogP contribution is -2.61. The Hall–Kier alpha value is -1.66. The highest BCUT2D eigenvalue weighted by molar-refractivity contribution is 6.31. The zero-order valence-corrected chi connectivity index (χ0v) is 17.9. The summed E-state index contributed by atoms with van der Waals surface area (Å²) in [6.45, 7) is 1.58. The predicted molar refractivity (Wildman–Crippen MR) is 112 cm³/mol. The van der Waals surface area contributed by atoms with E-state index in [1.165, 1.54) is 31.4 Å². The third-order valence-corrected chi connectivity index (χ3v) is 8.00. The molecule has 1 atom stereocenters. The molecule has 5 fully saturated rings. The van der Waals surface area contributed by atoms with Crippen molar-refractivity contribution in [1.82, 2.24) is 15.5 Å². The molecule has 4 bridgehead atoms. The quantitative estimate of drug-likeness (QED) is 0.749. The average molecular weight is 434 g/mol. The standard InChI is InChI=1S/C23H29ClFN3O2/c24-19-8-18(25)2-1-17(19)13-28-4-3-26-22(30)20(28)9-21(29)27-23-10-14-5-15(11-23)7-16(6-14)12-23/h1-2,8,14-16,20H,3-7,9-13H2,(H,26,30)(H,27,29). The number of carbonyl (C=O) groups is 2. The maximum Gasteiger partial charge on any atom is 0.237 e. The van der Waals surface area contributed by atoms with Crippen LogP contribution in [-0.2, 0) is 16.1 Å². The fourth-order valence-corrected chi connectivity index (χ4v) is 7.06. The molecule has 1 aromatic carbocycles. The number of rotatable bonds is 5. The van der Waals surface area contributed by atoms with Gasteiger partial charge in [-0.25, -0.2) is 4.39 Å². The molecular formula is C23H29ClFN3O2. The first-order chi connectivity index (χ1) is 14.4. The van der Waals surface area contributed by atoms with E-state index in [1.54, 1.807) is 6.07 Å². The number of hydrogen-bond donors (Lipinski definition) is 2. The van der Waals surface area contributed by atoms with Crippen molar-refractivity contribution in [2.24, 2.45) is 17.8 Å². The summed E-state index contributed by atoms with van der Waals surface area (Å²) < 4.78 is 13.4. The molecule has 1 unspecified atom stereocenters. The SMILES string of the molecule is O=C(CC1C(=O)NCCN1Cc1ccc(F)cc1Cl)NC12CC3CC(CC(C3)C1)C2. The van der Waals surface area contributed by atoms with E-state index >= 15 is 0 Å². The molecule has 1 aliphatic heterocycles. The molecule has 0 spiro atoms. The highest BCUT2D eigenvalue weighted by Crippen LogP contribution is 2.55. The smallest absolute Gasteiger partial charge is 0.237 e. The summed E-state index contributed by atoms with van der Waals surface area (Å²) in [5.41, 5.74) is 0.710. The van der Waals surface area contributed by atoms with Gasteiger partial charge in [-0.15, -0.1) is 0 Å². The molecule has 162 valence electrons. The zero-order chi connectivity index (χ0) is 20.9. The number of carbonyl (C=O) groups excluding carboxylic acids is 2. The van der Waals surface area contributed by atoms with Crippen LogP contribution in [0.1, 0.15) is 50.5 Å². The minimum absolute atomic E-state index is 0.0331. The molecule has 2 N–H and O–H groups in total. The largest absolute Gasteiger partial charge is 0.353 e. The van der Waals surface area contributed by atoms with Crippen molar-refractivity contribution in [3.63, 3.8) is 0 Å². The van der Waals surface area contributed by atoms with E-state index in [1.807, 2.05) is 4.90 Å². The van der Waals surface area contributed by atoms with Crippen molar-refractivity contribution < 1.29 is 14.0 Å². The van der Waals surface area contributed by atoms with Crippen LogP contribution in [0.15, 0.2) is 18.2 Å². The molecule has 0 radical (unpaired) electrons. The Labute approximate surface area is 181 Å². The number of piperazine rings is 1. The van der Waals surface area contributed by atoms with Crippen LogP contribution in [0.25, 0.3) is 0 Å². The Morgan fingerprint density at radius 1 is 1.20 bits per heavy atom. The van der Waals surface area contributed by atoms with Gasteiger partial charge in [-0.2, -0.15) is 0 Å². The number of amides is 2. The van der Waals surface area contributed by atoms with Crippen molar-refractivity contribution in [3.05, 3.63) is 34.6 Å². The van der Waals surface area contributed by atoms with Gasteiger partial charge in [-0.05, 0) is 74.0 Å². The topological polar surface area (TPSA) is 61.4 Å². The van der Waals surface area contributed by atoms with Crippen LogP contribution in [-0.4, -0.2) is 41.4 Å². The normalized spacial score (nSPS) is 35.3. The van der Waals surface area contributed by atoms with Gasteiger partial charge < -0.3 is 10.6 Å². The van der Waals surface area contributed by atoms with E-state index in [9.17, 15) is 14.0 Å². The van der Waals surface area contributed by atoms with Crippen LogP contribution >= 0.6 is 11.6 Å². The number of nitrogens with one attached hydrogen (secondary N) is 2. The molecule has 5 nitrogen and oxygen atoms in total. The minimum Gasteiger partial charge on any atom is -0.353 e. The maximum absolute atomic E-state index is 13.4. The van der Waals surface area contributed by atoms with Crippen LogP contribution in [0.3, 0.4) is 0 Å². The maximum atomic E-state index is 13.4. The van der Waals surface area contributed by atoms with Gasteiger partial charge >= 0.3 is 0 Å². The summed E-state index contributed by atoms with van der Waals surface area (Å²) in [6.07, 6.45) is 7.40.